The Morgan fingerprint density at radius 1 is 0.724 bits per heavy atom. The highest BCUT2D eigenvalue weighted by Crippen LogP contribution is 2.39. The Labute approximate surface area is 622 Å². The molecule has 0 bridgehead atoms. The van der Waals surface area contributed by atoms with Crippen molar-refractivity contribution in [3.8, 4) is 0 Å². The minimum absolute atomic E-state index is 0.00583. The number of nitrogens with one attached hydrogen (secondary N) is 3. The molecule has 12 amide bonds. The molecule has 24 nitrogen and oxygen atoms in total. The van der Waals surface area contributed by atoms with Crippen molar-refractivity contribution >= 4 is 82.5 Å². The maximum atomic E-state index is 15.7. The van der Waals surface area contributed by atoms with Gasteiger partial charge in [0.25, 0.3) is 0 Å². The van der Waals surface area contributed by atoms with Gasteiger partial charge in [0.2, 0.25) is 70.9 Å². The highest BCUT2D eigenvalue weighted by atomic mass is 35.5. The van der Waals surface area contributed by atoms with Crippen LogP contribution in [0.2, 0.25) is 5.02 Å². The van der Waals surface area contributed by atoms with E-state index >= 15 is 28.8 Å². The van der Waals surface area contributed by atoms with E-state index in [1.165, 1.54) is 96.7 Å². The van der Waals surface area contributed by atoms with E-state index in [0.717, 1.165) is 40.3 Å². The van der Waals surface area contributed by atoms with E-state index in [1.54, 1.807) is 32.1 Å². The molecule has 0 unspecified atom stereocenters. The summed E-state index contributed by atoms with van der Waals surface area (Å²) in [6.07, 6.45) is 0.430. The molecular formula is C77H112ClF3N12O12. The summed E-state index contributed by atoms with van der Waals surface area (Å²) in [6, 6.07) is -0.186. The van der Waals surface area contributed by atoms with Gasteiger partial charge in [-0.05, 0) is 125 Å². The van der Waals surface area contributed by atoms with Crippen molar-refractivity contribution in [3.63, 3.8) is 0 Å². The number of fused-ring (bicyclic) bond motifs is 1. The molecule has 4 fully saturated rings. The van der Waals surface area contributed by atoms with Crippen LogP contribution in [0.15, 0.2) is 67.3 Å². The topological polar surface area (TPSA) is 270 Å². The largest absolute Gasteiger partial charge is 0.417 e. The molecule has 4 aliphatic rings. The molecule has 2 saturated heterocycles. The van der Waals surface area contributed by atoms with Crippen LogP contribution in [0.5, 0.6) is 0 Å². The van der Waals surface area contributed by atoms with E-state index in [-0.39, 0.29) is 82.4 Å². The SMILES string of the molecule is C=CCCN1C(=O)[C@H](CC(=C)C)N(C)C(=O)CN(C)C(=O)[C@H]([C@@H](C)CC)NC(=O)[C@H](CC(C)C)N(C)C(=O)C[C@@H](C(=O)N(C)C)N(C)C(=O)[C@H](C2CCCC2)N(C)C(=O)C2(CCCC2)NC(=O)[C@@H]2CCCN2C(=O)[C@H](CCc2ccc(C(F)(F)F)c(Cl)c2)NC(=O)CN(C)C(=O)[C@@H]1Cc1ccc(C)cc1. The Hall–Kier alpha value is -8.36. The minimum Gasteiger partial charge on any atom is -0.347 e. The van der Waals surface area contributed by atoms with Crippen LogP contribution in [0.1, 0.15) is 160 Å². The maximum Gasteiger partial charge on any atom is 0.417 e. The quantitative estimate of drug-likeness (QED) is 0.144. The van der Waals surface area contributed by atoms with Crippen molar-refractivity contribution in [1.29, 1.82) is 0 Å². The lowest BCUT2D eigenvalue weighted by atomic mass is 9.90. The molecule has 2 heterocycles. The fourth-order valence-electron chi connectivity index (χ4n) is 14.9. The molecule has 2 aromatic rings. The standard InChI is InChI=1S/C77H112ClF3N12O12/c1-17-19-38-93-61(43-52-30-28-49(7)29-31-52)71(101)86(11)45-62(94)82-56(35-33-51-32-34-54(55(78)42-51)77(79,80)81)69(99)92-39-24-27-57(92)68(98)84-76(36-22-23-37-76)75(105)91(16)66(53-25-20-21-26-53)74(104)90(15)60(70(100)85(9)10)44-63(95)88(13)58(40-47(3)4)67(97)83-65(50(8)18-2)73(103)87(12)46-64(96)89(14)59(72(93)102)41-48(5)6/h17,28-32,34,42,47,50,53,56-61,65-66H,1,5,18-27,33,35-41,43-46H2,2-4,6-16H3,(H,82,94)(H,83,97)(H,84,98)/t50-,56-,57-,58-,59-,60-,61-,65-,66-/m0/s1. The molecule has 3 N–H and O–H groups in total. The summed E-state index contributed by atoms with van der Waals surface area (Å²) >= 11 is 6.19. The summed E-state index contributed by atoms with van der Waals surface area (Å²) in [5, 5.41) is 8.13. The third-order valence-corrected chi connectivity index (χ3v) is 21.7. The minimum atomic E-state index is -4.78. The van der Waals surface area contributed by atoms with Gasteiger partial charge < -0.3 is 60.0 Å². The number of amides is 12. The van der Waals surface area contributed by atoms with Crippen LogP contribution < -0.4 is 16.0 Å². The fraction of sp³-hybridized carbons (Fsp3) is 0.636. The van der Waals surface area contributed by atoms with Crippen LogP contribution in [0.25, 0.3) is 0 Å². The number of likely N-dealkylation sites (N-methyl/N-ethyl adjacent to an activating group) is 7. The van der Waals surface area contributed by atoms with Crippen LogP contribution >= 0.6 is 11.6 Å². The van der Waals surface area contributed by atoms with Crippen molar-refractivity contribution in [2.24, 2.45) is 17.8 Å². The summed E-state index contributed by atoms with van der Waals surface area (Å²) in [5.41, 5.74) is -0.414. The number of nitrogens with zero attached hydrogens (tertiary/aromatic N) is 9. The van der Waals surface area contributed by atoms with Gasteiger partial charge in [-0.3, -0.25) is 57.5 Å². The van der Waals surface area contributed by atoms with E-state index in [9.17, 15) is 41.9 Å². The Balaban J connectivity index is 1.50. The molecule has 9 atom stereocenters. The summed E-state index contributed by atoms with van der Waals surface area (Å²) in [5.74, 6) is -9.54. The molecule has 580 valence electrons. The van der Waals surface area contributed by atoms with Crippen LogP contribution in [0.3, 0.4) is 0 Å². The van der Waals surface area contributed by atoms with Crippen LogP contribution in [0, 0.1) is 24.7 Å². The zero-order chi connectivity index (χ0) is 78.3. The fourth-order valence-corrected chi connectivity index (χ4v) is 15.2. The third-order valence-electron chi connectivity index (χ3n) is 21.4. The number of aryl methyl sites for hydroxylation is 2. The normalized spacial score (nSPS) is 24.7. The molecule has 2 aromatic carbocycles. The lowest BCUT2D eigenvalue weighted by Crippen LogP contribution is -2.65. The number of hydrogen-bond donors (Lipinski definition) is 3. The van der Waals surface area contributed by atoms with Gasteiger partial charge in [0, 0.05) is 75.9 Å². The Kier molecular flexibility index (Phi) is 30.8. The highest BCUT2D eigenvalue weighted by Gasteiger charge is 2.52. The number of halogens is 4. The number of carbonyl (C=O) groups is 12. The van der Waals surface area contributed by atoms with E-state index in [1.807, 2.05) is 39.8 Å². The molecule has 1 spiro atoms. The average molecular weight is 1490 g/mol. The van der Waals surface area contributed by atoms with Gasteiger partial charge in [-0.15, -0.1) is 13.2 Å². The van der Waals surface area contributed by atoms with Gasteiger partial charge in [-0.1, -0.05) is 119 Å². The zero-order valence-electron chi connectivity index (χ0n) is 63.9. The second kappa shape index (κ2) is 37.7. The molecule has 0 radical (unpaired) electrons. The second-order valence-corrected chi connectivity index (χ2v) is 30.6. The van der Waals surface area contributed by atoms with Gasteiger partial charge in [-0.25, -0.2) is 0 Å². The molecule has 2 aliphatic heterocycles. The van der Waals surface area contributed by atoms with Crippen LogP contribution in [-0.4, -0.2) is 251 Å². The van der Waals surface area contributed by atoms with Crippen molar-refractivity contribution < 1.29 is 70.7 Å². The molecule has 0 aromatic heterocycles. The van der Waals surface area contributed by atoms with Crippen molar-refractivity contribution in [1.82, 2.24) is 60.0 Å². The van der Waals surface area contributed by atoms with E-state index in [2.05, 4.69) is 29.1 Å². The number of benzene rings is 2. The summed E-state index contributed by atoms with van der Waals surface area (Å²) in [6.45, 7) is 17.4. The molecule has 2 aliphatic carbocycles. The Morgan fingerprint density at radius 2 is 1.33 bits per heavy atom. The van der Waals surface area contributed by atoms with E-state index < -0.39 is 173 Å². The molecular weight excluding hydrogens is 1380 g/mol. The highest BCUT2D eigenvalue weighted by molar-refractivity contribution is 6.31. The maximum absolute atomic E-state index is 15.7. The first-order chi connectivity index (χ1) is 49.3. The number of alkyl halides is 3. The number of rotatable bonds is 16. The predicted octanol–water partition coefficient (Wildman–Crippen LogP) is 6.97. The first kappa shape index (κ1) is 85.6. The summed E-state index contributed by atoms with van der Waals surface area (Å²) in [7, 11) is 11.3. The third kappa shape index (κ3) is 21.7. The first-order valence-electron chi connectivity index (χ1n) is 36.7. The average Bonchev–Trinajstić information content (AvgIpc) is 1.76. The Bertz CT molecular complexity index is 3510. The van der Waals surface area contributed by atoms with Crippen LogP contribution in [-0.2, 0) is 76.6 Å². The van der Waals surface area contributed by atoms with Crippen molar-refractivity contribution in [2.75, 3.05) is 82.6 Å². The zero-order valence-corrected chi connectivity index (χ0v) is 64.6. The lowest BCUT2D eigenvalue weighted by molar-refractivity contribution is -0.156. The number of carbonyl (C=O) groups excluding carboxylic acids is 12. The van der Waals surface area contributed by atoms with Gasteiger partial charge in [-0.2, -0.15) is 13.2 Å². The van der Waals surface area contributed by atoms with Gasteiger partial charge >= 0.3 is 6.18 Å². The van der Waals surface area contributed by atoms with Crippen molar-refractivity contribution in [3.05, 3.63) is 94.5 Å². The molecule has 2 saturated carbocycles. The molecule has 105 heavy (non-hydrogen) atoms. The summed E-state index contributed by atoms with van der Waals surface area (Å²) < 4.78 is 41.9. The second-order valence-electron chi connectivity index (χ2n) is 30.2. The first-order valence-corrected chi connectivity index (χ1v) is 37.1. The Morgan fingerprint density at radius 3 is 1.90 bits per heavy atom. The predicted molar refractivity (Wildman–Crippen MR) is 393 cm³/mol. The molecule has 6 rings (SSSR count). The summed E-state index contributed by atoms with van der Waals surface area (Å²) in [4.78, 5) is 193. The van der Waals surface area contributed by atoms with Gasteiger partial charge in [0.1, 0.15) is 53.9 Å². The number of hydrogen-bond acceptors (Lipinski definition) is 12. The van der Waals surface area contributed by atoms with E-state index in [4.69, 9.17) is 11.6 Å². The smallest absolute Gasteiger partial charge is 0.347 e. The van der Waals surface area contributed by atoms with Gasteiger partial charge in [0.05, 0.1) is 30.1 Å². The van der Waals surface area contributed by atoms with Gasteiger partial charge in [0.15, 0.2) is 0 Å². The lowest BCUT2D eigenvalue weighted by Gasteiger charge is -2.42. The monoisotopic (exact) mass is 1490 g/mol. The van der Waals surface area contributed by atoms with Crippen LogP contribution in [0.4, 0.5) is 13.2 Å². The molecule has 28 heteroatoms. The van der Waals surface area contributed by atoms with E-state index in [0.29, 0.717) is 49.7 Å². The van der Waals surface area contributed by atoms with Crippen molar-refractivity contribution in [2.45, 2.75) is 217 Å².